The average Bonchev–Trinajstić information content (AvgIpc) is 3.13. The van der Waals surface area contributed by atoms with E-state index in [1.54, 1.807) is 74.9 Å². The summed E-state index contributed by atoms with van der Waals surface area (Å²) in [4.78, 5) is 49.4. The Bertz CT molecular complexity index is 1380. The summed E-state index contributed by atoms with van der Waals surface area (Å²) in [6.07, 6.45) is 8.01. The molecule has 3 aromatic rings. The summed E-state index contributed by atoms with van der Waals surface area (Å²) < 4.78 is 9.98. The number of ether oxygens (including phenoxy) is 2. The highest BCUT2D eigenvalue weighted by Gasteiger charge is 2.17. The second-order valence-corrected chi connectivity index (χ2v) is 12.8. The molecule has 0 fully saturated rings. The van der Waals surface area contributed by atoms with Crippen LogP contribution in [0.5, 0.6) is 5.75 Å². The van der Waals surface area contributed by atoms with Crippen LogP contribution in [-0.4, -0.2) is 50.9 Å². The molecule has 0 aliphatic heterocycles. The van der Waals surface area contributed by atoms with Crippen LogP contribution in [0.3, 0.4) is 0 Å². The first-order valence-corrected chi connectivity index (χ1v) is 18.1. The van der Waals surface area contributed by atoms with Crippen molar-refractivity contribution in [1.82, 2.24) is 16.2 Å². The molecular weight excluding hydrogens is 642 g/mol. The lowest BCUT2D eigenvalue weighted by molar-refractivity contribution is -0.109. The summed E-state index contributed by atoms with van der Waals surface area (Å²) in [6, 6.07) is 20.0. The highest BCUT2D eigenvalue weighted by Crippen LogP contribution is 2.22. The lowest BCUT2D eigenvalue weighted by Crippen LogP contribution is -2.41. The van der Waals surface area contributed by atoms with Crippen molar-refractivity contribution in [2.75, 3.05) is 20.8 Å². The lowest BCUT2D eigenvalue weighted by atomic mass is 9.86. The second kappa shape index (κ2) is 27.3. The number of carbonyl (C=O) groups excluding carboxylic acids is 4. The molecule has 0 aromatic heterocycles. The van der Waals surface area contributed by atoms with Crippen LogP contribution in [0.25, 0.3) is 0 Å². The van der Waals surface area contributed by atoms with E-state index in [1.807, 2.05) is 26.0 Å². The molecule has 0 saturated carbocycles. The van der Waals surface area contributed by atoms with Crippen LogP contribution in [0.1, 0.15) is 136 Å². The number of aldehydes is 1. The molecule has 1 unspecified atom stereocenters. The number of carbonyl (C=O) groups is 4. The Morgan fingerprint density at radius 1 is 0.686 bits per heavy atom. The minimum atomic E-state index is -0.726. The summed E-state index contributed by atoms with van der Waals surface area (Å²) in [7, 11) is 3.25. The molecule has 3 aromatic carbocycles. The minimum absolute atomic E-state index is 0.0241. The number of benzene rings is 3. The van der Waals surface area contributed by atoms with Gasteiger partial charge in [-0.15, -0.1) is 0 Å². The summed E-state index contributed by atoms with van der Waals surface area (Å²) >= 11 is 0. The molecule has 9 nitrogen and oxygen atoms in total. The smallest absolute Gasteiger partial charge is 0.269 e. The number of rotatable bonds is 14. The molecule has 0 aliphatic carbocycles. The van der Waals surface area contributed by atoms with Gasteiger partial charge in [0, 0.05) is 30.9 Å². The van der Waals surface area contributed by atoms with Crippen LogP contribution >= 0.6 is 0 Å². The van der Waals surface area contributed by atoms with Crippen molar-refractivity contribution in [2.24, 2.45) is 0 Å². The van der Waals surface area contributed by atoms with Gasteiger partial charge in [0.2, 0.25) is 0 Å². The maximum Gasteiger partial charge on any atom is 0.269 e. The fraction of sp³-hybridized carbons (Fsp3) is 0.476. The first-order valence-electron chi connectivity index (χ1n) is 18.1. The normalized spacial score (nSPS) is 10.7. The zero-order valence-corrected chi connectivity index (χ0v) is 32.7. The number of amides is 3. The number of hydrazine groups is 1. The van der Waals surface area contributed by atoms with Crippen molar-refractivity contribution in [2.45, 2.75) is 112 Å². The first kappa shape index (κ1) is 46.5. The van der Waals surface area contributed by atoms with Crippen LogP contribution in [0.15, 0.2) is 72.8 Å². The summed E-state index contributed by atoms with van der Waals surface area (Å²) in [5.41, 5.74) is 7.89. The molecule has 3 N–H and O–H groups in total. The molecule has 0 aliphatic rings. The number of unbranched alkanes of at least 4 members (excludes halogenated alkanes) is 4. The van der Waals surface area contributed by atoms with Crippen LogP contribution in [0.4, 0.5) is 0 Å². The van der Waals surface area contributed by atoms with Gasteiger partial charge in [-0.05, 0) is 77.9 Å². The van der Waals surface area contributed by atoms with Crippen LogP contribution in [0.2, 0.25) is 0 Å². The third-order valence-corrected chi connectivity index (χ3v) is 7.09. The SMILES string of the molecule is CC.CCC.CCCCCCCOc1ccc(C(=O)NNC(=O)c2ccc(CC(C=O)NC(=O)c3ccc(C(C)(C)C)cc3)cc2)cc1.COC. The van der Waals surface area contributed by atoms with Crippen molar-refractivity contribution in [3.8, 4) is 5.75 Å². The maximum atomic E-state index is 12.7. The van der Waals surface area contributed by atoms with E-state index in [1.165, 1.54) is 25.7 Å². The van der Waals surface area contributed by atoms with E-state index in [0.717, 1.165) is 24.0 Å². The van der Waals surface area contributed by atoms with Gasteiger partial charge in [0.1, 0.15) is 12.0 Å². The lowest BCUT2D eigenvalue weighted by Gasteiger charge is -2.19. The molecular formula is C42H63N3O6. The van der Waals surface area contributed by atoms with Crippen molar-refractivity contribution in [3.63, 3.8) is 0 Å². The summed E-state index contributed by atoms with van der Waals surface area (Å²) in [5, 5.41) is 2.76. The van der Waals surface area contributed by atoms with Gasteiger partial charge in [-0.2, -0.15) is 0 Å². The van der Waals surface area contributed by atoms with Gasteiger partial charge < -0.3 is 19.6 Å². The van der Waals surface area contributed by atoms with Gasteiger partial charge in [-0.3, -0.25) is 25.2 Å². The molecule has 3 rings (SSSR count). The van der Waals surface area contributed by atoms with E-state index in [0.29, 0.717) is 35.3 Å². The minimum Gasteiger partial charge on any atom is -0.494 e. The largest absolute Gasteiger partial charge is 0.494 e. The molecule has 0 radical (unpaired) electrons. The Morgan fingerprint density at radius 3 is 1.57 bits per heavy atom. The fourth-order valence-corrected chi connectivity index (χ4v) is 4.41. The quantitative estimate of drug-likeness (QED) is 0.0877. The van der Waals surface area contributed by atoms with Crippen molar-refractivity contribution < 1.29 is 28.7 Å². The van der Waals surface area contributed by atoms with Gasteiger partial charge >= 0.3 is 0 Å². The van der Waals surface area contributed by atoms with Crippen molar-refractivity contribution >= 4 is 24.0 Å². The van der Waals surface area contributed by atoms with Gasteiger partial charge in [0.15, 0.2) is 0 Å². The van der Waals surface area contributed by atoms with E-state index < -0.39 is 17.9 Å². The topological polar surface area (TPSA) is 123 Å². The van der Waals surface area contributed by atoms with E-state index in [9.17, 15) is 19.2 Å². The van der Waals surface area contributed by atoms with Gasteiger partial charge in [-0.25, -0.2) is 0 Å². The summed E-state index contributed by atoms with van der Waals surface area (Å²) in [6.45, 7) is 17.4. The molecule has 3 amide bonds. The van der Waals surface area contributed by atoms with E-state index in [4.69, 9.17) is 4.74 Å². The fourth-order valence-electron chi connectivity index (χ4n) is 4.41. The molecule has 0 bridgehead atoms. The molecule has 51 heavy (non-hydrogen) atoms. The highest BCUT2D eigenvalue weighted by molar-refractivity contribution is 5.99. The average molecular weight is 706 g/mol. The van der Waals surface area contributed by atoms with Gasteiger partial charge in [0.05, 0.1) is 12.6 Å². The molecule has 0 spiro atoms. The molecule has 9 heteroatoms. The van der Waals surface area contributed by atoms with E-state index >= 15 is 0 Å². The Morgan fingerprint density at radius 2 is 1.12 bits per heavy atom. The predicted octanol–water partition coefficient (Wildman–Crippen LogP) is 8.65. The van der Waals surface area contributed by atoms with Crippen LogP contribution < -0.4 is 20.9 Å². The Kier molecular flexibility index (Phi) is 24.8. The van der Waals surface area contributed by atoms with Crippen molar-refractivity contribution in [1.29, 1.82) is 0 Å². The predicted molar refractivity (Wildman–Crippen MR) is 208 cm³/mol. The molecule has 0 heterocycles. The Hall–Kier alpha value is -4.50. The first-order chi connectivity index (χ1) is 24.4. The zero-order valence-electron chi connectivity index (χ0n) is 32.7. The summed E-state index contributed by atoms with van der Waals surface area (Å²) in [5.74, 6) is -0.567. The third-order valence-electron chi connectivity index (χ3n) is 7.09. The van der Waals surface area contributed by atoms with Gasteiger partial charge in [0.25, 0.3) is 17.7 Å². The zero-order chi connectivity index (χ0) is 38.7. The maximum absolute atomic E-state index is 12.7. The number of methoxy groups -OCH3 is 1. The third kappa shape index (κ3) is 19.5. The number of nitrogens with one attached hydrogen (secondary N) is 3. The second-order valence-electron chi connectivity index (χ2n) is 12.8. The Labute approximate surface area is 307 Å². The van der Waals surface area contributed by atoms with Crippen LogP contribution in [0, 0.1) is 0 Å². The van der Waals surface area contributed by atoms with Crippen LogP contribution in [-0.2, 0) is 21.4 Å². The van der Waals surface area contributed by atoms with E-state index in [-0.39, 0.29) is 17.7 Å². The molecule has 282 valence electrons. The molecule has 1 atom stereocenters. The van der Waals surface area contributed by atoms with E-state index in [2.05, 4.69) is 62.4 Å². The monoisotopic (exact) mass is 705 g/mol. The van der Waals surface area contributed by atoms with Gasteiger partial charge in [-0.1, -0.05) is 112 Å². The number of hydrogen-bond donors (Lipinski definition) is 3. The standard InChI is InChI=1S/C35H43N3O5.C3H8.C2H6O.C2H6/c1-5-6-7-8-9-22-43-31-20-16-28(17-21-31)34(42)38-37-33(41)27-12-10-25(11-13-27)23-30(24-39)36-32(40)26-14-18-29(19-15-26)35(2,3)4;2*1-3-2;1-2/h10-21,24,30H,5-9,22-23H2,1-4H3,(H,36,40)(H,37,41)(H,38,42);3H2,1-2H3;1-2H3;1-2H3. The number of hydrogen-bond acceptors (Lipinski definition) is 6. The van der Waals surface area contributed by atoms with Crippen molar-refractivity contribution in [3.05, 3.63) is 101 Å². The highest BCUT2D eigenvalue weighted by atomic mass is 16.5. The Balaban J connectivity index is 0.00000286. The molecule has 0 saturated heterocycles.